The minimum atomic E-state index is -1.18. The lowest BCUT2D eigenvalue weighted by molar-refractivity contribution is -0.132. The number of aliphatic imine (C=N–C) groups is 1. The zero-order chi connectivity index (χ0) is 9.40. The molecule has 0 saturated heterocycles. The summed E-state index contributed by atoms with van der Waals surface area (Å²) in [5, 5.41) is 15.1. The van der Waals surface area contributed by atoms with Crippen LogP contribution in [0.15, 0.2) is 16.8 Å². The molecule has 5 heteroatoms. The molecule has 0 aromatic heterocycles. The number of nitrogens with zero attached hydrogens (tertiary/aromatic N) is 1. The summed E-state index contributed by atoms with van der Waals surface area (Å²) >= 11 is 0. The molecule has 0 aromatic rings. The SMILES string of the molecule is CN=CCOC=C(C=N)C(=O)O. The van der Waals surface area contributed by atoms with Crippen LogP contribution < -0.4 is 0 Å². The van der Waals surface area contributed by atoms with Gasteiger partial charge in [0.05, 0.1) is 6.26 Å². The van der Waals surface area contributed by atoms with Crippen molar-refractivity contribution in [3.05, 3.63) is 11.8 Å². The molecule has 0 radical (unpaired) electrons. The zero-order valence-electron chi connectivity index (χ0n) is 6.65. The van der Waals surface area contributed by atoms with Gasteiger partial charge >= 0.3 is 5.97 Å². The first-order chi connectivity index (χ1) is 5.72. The fraction of sp³-hybridized carbons (Fsp3) is 0.286. The highest BCUT2D eigenvalue weighted by Gasteiger charge is 2.01. The van der Waals surface area contributed by atoms with Crippen LogP contribution in [0.4, 0.5) is 0 Å². The number of hydrogen-bond donors (Lipinski definition) is 2. The third-order valence-corrected chi connectivity index (χ3v) is 0.966. The van der Waals surface area contributed by atoms with Gasteiger partial charge in [-0.2, -0.15) is 0 Å². The van der Waals surface area contributed by atoms with Gasteiger partial charge in [0.15, 0.2) is 0 Å². The predicted octanol–water partition coefficient (Wildman–Crippen LogP) is 0.322. The van der Waals surface area contributed by atoms with Gasteiger partial charge in [-0.25, -0.2) is 4.79 Å². The second-order valence-electron chi connectivity index (χ2n) is 1.80. The summed E-state index contributed by atoms with van der Waals surface area (Å²) in [5.41, 5.74) is -0.195. The molecular formula is C7H10N2O3. The molecule has 5 nitrogen and oxygen atoms in total. The first-order valence-corrected chi connectivity index (χ1v) is 3.18. The Hall–Kier alpha value is -1.65. The van der Waals surface area contributed by atoms with Crippen LogP contribution >= 0.6 is 0 Å². The van der Waals surface area contributed by atoms with Crippen molar-refractivity contribution in [3.63, 3.8) is 0 Å². The highest BCUT2D eigenvalue weighted by Crippen LogP contribution is 1.89. The largest absolute Gasteiger partial charge is 0.495 e. The number of rotatable bonds is 5. The maximum absolute atomic E-state index is 10.3. The molecule has 0 saturated carbocycles. The Balaban J connectivity index is 3.95. The minimum absolute atomic E-state index is 0.195. The van der Waals surface area contributed by atoms with E-state index in [1.807, 2.05) is 0 Å². The lowest BCUT2D eigenvalue weighted by Crippen LogP contribution is -2.02. The number of carbonyl (C=O) groups is 1. The van der Waals surface area contributed by atoms with Crippen molar-refractivity contribution in [1.29, 1.82) is 5.41 Å². The summed E-state index contributed by atoms with van der Waals surface area (Å²) in [4.78, 5) is 13.9. The minimum Gasteiger partial charge on any atom is -0.495 e. The van der Waals surface area contributed by atoms with E-state index in [9.17, 15) is 4.79 Å². The van der Waals surface area contributed by atoms with Gasteiger partial charge in [0.2, 0.25) is 0 Å². The number of carboxylic acid groups (broad SMARTS) is 1. The van der Waals surface area contributed by atoms with E-state index in [1.54, 1.807) is 7.05 Å². The summed E-state index contributed by atoms with van der Waals surface area (Å²) in [7, 11) is 1.59. The van der Waals surface area contributed by atoms with Gasteiger partial charge in [-0.05, 0) is 0 Å². The van der Waals surface area contributed by atoms with Crippen LogP contribution in [0.1, 0.15) is 0 Å². The molecule has 0 aliphatic carbocycles. The highest BCUT2D eigenvalue weighted by atomic mass is 16.5. The van der Waals surface area contributed by atoms with Gasteiger partial charge < -0.3 is 15.3 Å². The molecule has 0 atom stereocenters. The van der Waals surface area contributed by atoms with Gasteiger partial charge in [0, 0.05) is 19.5 Å². The molecule has 12 heavy (non-hydrogen) atoms. The Morgan fingerprint density at radius 1 is 1.75 bits per heavy atom. The second-order valence-corrected chi connectivity index (χ2v) is 1.80. The Bertz CT molecular complexity index is 221. The molecule has 0 bridgehead atoms. The molecule has 0 heterocycles. The van der Waals surface area contributed by atoms with E-state index >= 15 is 0 Å². The number of nitrogens with one attached hydrogen (secondary N) is 1. The van der Waals surface area contributed by atoms with Crippen LogP contribution in [0.25, 0.3) is 0 Å². The summed E-state index contributed by atoms with van der Waals surface area (Å²) in [6, 6.07) is 0. The normalized spacial score (nSPS) is 11.6. The fourth-order valence-electron chi connectivity index (χ4n) is 0.402. The summed E-state index contributed by atoms with van der Waals surface area (Å²) in [6.45, 7) is 0.209. The van der Waals surface area contributed by atoms with E-state index in [0.29, 0.717) is 6.21 Å². The molecule has 0 amide bonds. The number of aliphatic carboxylic acids is 1. The third kappa shape index (κ3) is 4.21. The average molecular weight is 170 g/mol. The van der Waals surface area contributed by atoms with E-state index < -0.39 is 5.97 Å². The van der Waals surface area contributed by atoms with E-state index in [0.717, 1.165) is 6.26 Å². The standard InChI is InChI=1S/C7H10N2O3/c1-9-2-3-12-5-6(4-8)7(10)11/h2,4-5,8H,3H2,1H3,(H,10,11). The van der Waals surface area contributed by atoms with Crippen LogP contribution in [-0.2, 0) is 9.53 Å². The number of carboxylic acids is 1. The van der Waals surface area contributed by atoms with E-state index in [-0.39, 0.29) is 12.2 Å². The molecule has 0 fully saturated rings. The molecular weight excluding hydrogens is 160 g/mol. The third-order valence-electron chi connectivity index (χ3n) is 0.966. The summed E-state index contributed by atoms with van der Waals surface area (Å²) < 4.78 is 4.74. The number of ether oxygens (including phenoxy) is 1. The first-order valence-electron chi connectivity index (χ1n) is 3.18. The van der Waals surface area contributed by atoms with Crippen LogP contribution in [0.2, 0.25) is 0 Å². The van der Waals surface area contributed by atoms with E-state index in [4.69, 9.17) is 15.3 Å². The molecule has 0 aromatic carbocycles. The van der Waals surface area contributed by atoms with E-state index in [2.05, 4.69) is 4.99 Å². The molecule has 0 aliphatic rings. The Morgan fingerprint density at radius 3 is 2.83 bits per heavy atom. The lowest BCUT2D eigenvalue weighted by Gasteiger charge is -1.95. The van der Waals surface area contributed by atoms with Crippen molar-refractivity contribution >= 4 is 18.4 Å². The smallest absolute Gasteiger partial charge is 0.340 e. The maximum Gasteiger partial charge on any atom is 0.340 e. The van der Waals surface area contributed by atoms with Crippen molar-refractivity contribution in [2.45, 2.75) is 0 Å². The summed E-state index contributed by atoms with van der Waals surface area (Å²) in [6.07, 6.45) is 3.21. The Morgan fingerprint density at radius 2 is 2.42 bits per heavy atom. The quantitative estimate of drug-likeness (QED) is 0.270. The van der Waals surface area contributed by atoms with Crippen LogP contribution in [0, 0.1) is 5.41 Å². The van der Waals surface area contributed by atoms with Crippen molar-refractivity contribution in [3.8, 4) is 0 Å². The number of hydrogen-bond acceptors (Lipinski definition) is 4. The van der Waals surface area contributed by atoms with Crippen LogP contribution in [-0.4, -0.2) is 37.2 Å². The van der Waals surface area contributed by atoms with Gasteiger partial charge in [-0.3, -0.25) is 4.99 Å². The Labute approximate surface area is 69.9 Å². The zero-order valence-corrected chi connectivity index (χ0v) is 6.65. The van der Waals surface area contributed by atoms with Crippen molar-refractivity contribution < 1.29 is 14.6 Å². The highest BCUT2D eigenvalue weighted by molar-refractivity contribution is 6.07. The molecule has 0 unspecified atom stereocenters. The second kappa shape index (κ2) is 6.09. The van der Waals surface area contributed by atoms with Crippen molar-refractivity contribution in [1.82, 2.24) is 0 Å². The van der Waals surface area contributed by atoms with Crippen molar-refractivity contribution in [2.24, 2.45) is 4.99 Å². The lowest BCUT2D eigenvalue weighted by atomic mass is 10.3. The predicted molar refractivity (Wildman–Crippen MR) is 44.9 cm³/mol. The maximum atomic E-state index is 10.3. The monoisotopic (exact) mass is 170 g/mol. The van der Waals surface area contributed by atoms with Crippen LogP contribution in [0.3, 0.4) is 0 Å². The molecule has 0 rings (SSSR count). The van der Waals surface area contributed by atoms with Gasteiger partial charge in [0.1, 0.15) is 12.2 Å². The van der Waals surface area contributed by atoms with Crippen LogP contribution in [0.5, 0.6) is 0 Å². The van der Waals surface area contributed by atoms with Crippen molar-refractivity contribution in [2.75, 3.05) is 13.7 Å². The molecule has 2 N–H and O–H groups in total. The molecule has 66 valence electrons. The molecule has 0 spiro atoms. The Kier molecular flexibility index (Phi) is 5.25. The fourth-order valence-corrected chi connectivity index (χ4v) is 0.402. The van der Waals surface area contributed by atoms with E-state index in [1.165, 1.54) is 6.21 Å². The van der Waals surface area contributed by atoms with Gasteiger partial charge in [-0.1, -0.05) is 0 Å². The van der Waals surface area contributed by atoms with Gasteiger partial charge in [0.25, 0.3) is 0 Å². The molecule has 0 aliphatic heterocycles. The topological polar surface area (TPSA) is 82.7 Å². The first kappa shape index (κ1) is 10.3. The summed E-state index contributed by atoms with van der Waals surface area (Å²) in [5.74, 6) is -1.18. The van der Waals surface area contributed by atoms with Gasteiger partial charge in [-0.15, -0.1) is 0 Å². The average Bonchev–Trinajstić information content (AvgIpc) is 2.04.